The summed E-state index contributed by atoms with van der Waals surface area (Å²) in [4.78, 5) is 0. The number of hydrogen-bond donors (Lipinski definition) is 1. The normalized spacial score (nSPS) is 31.5. The summed E-state index contributed by atoms with van der Waals surface area (Å²) in [5, 5.41) is 12.4. The predicted octanol–water partition coefficient (Wildman–Crippen LogP) is 6.84. The second-order valence-corrected chi connectivity index (χ2v) is 11.0. The highest BCUT2D eigenvalue weighted by Crippen LogP contribution is 2.72. The van der Waals surface area contributed by atoms with Crippen LogP contribution in [0.15, 0.2) is 78.6 Å². The van der Waals surface area contributed by atoms with Gasteiger partial charge in [0.25, 0.3) is 0 Å². The van der Waals surface area contributed by atoms with E-state index in [1.54, 1.807) is 13.4 Å². The van der Waals surface area contributed by atoms with Gasteiger partial charge in [-0.1, -0.05) is 50.3 Å². The molecule has 4 nitrogen and oxygen atoms in total. The summed E-state index contributed by atoms with van der Waals surface area (Å²) < 4.78 is 17.5. The van der Waals surface area contributed by atoms with E-state index in [1.165, 1.54) is 5.56 Å². The average molecular weight is 475 g/mol. The molecule has 2 aromatic carbocycles. The van der Waals surface area contributed by atoms with Gasteiger partial charge in [-0.25, -0.2) is 0 Å². The Kier molecular flexibility index (Phi) is 6.54. The van der Waals surface area contributed by atoms with Crippen molar-refractivity contribution in [1.82, 2.24) is 0 Å². The van der Waals surface area contributed by atoms with Gasteiger partial charge >= 0.3 is 0 Å². The van der Waals surface area contributed by atoms with Crippen molar-refractivity contribution >= 4 is 0 Å². The molecular weight excluding hydrogens is 436 g/mol. The van der Waals surface area contributed by atoms with Crippen LogP contribution in [0.5, 0.6) is 11.5 Å². The average Bonchev–Trinajstić information content (AvgIpc) is 3.23. The molecule has 0 aliphatic heterocycles. The fourth-order valence-electron chi connectivity index (χ4n) is 6.96. The lowest BCUT2D eigenvalue weighted by Crippen LogP contribution is -2.50. The Morgan fingerprint density at radius 1 is 1.00 bits per heavy atom. The lowest BCUT2D eigenvalue weighted by molar-refractivity contribution is -0.0475. The van der Waals surface area contributed by atoms with Gasteiger partial charge in [0.2, 0.25) is 0 Å². The van der Waals surface area contributed by atoms with Gasteiger partial charge in [-0.3, -0.25) is 0 Å². The SMILES string of the molecule is COc1ccc(O/C=C\[C@]23CC[C@H](C[C@]2(O)C2=C[C@H](OCc4ccccc4)CCC2)C3(C)C)cc1. The fraction of sp³-hybridized carbons (Fsp3) is 0.484. The van der Waals surface area contributed by atoms with Gasteiger partial charge in [0.05, 0.1) is 31.7 Å². The highest BCUT2D eigenvalue weighted by Gasteiger charge is 2.70. The van der Waals surface area contributed by atoms with E-state index in [1.807, 2.05) is 42.5 Å². The predicted molar refractivity (Wildman–Crippen MR) is 138 cm³/mol. The molecule has 1 N–H and O–H groups in total. The molecule has 2 bridgehead atoms. The number of aliphatic hydroxyl groups is 1. The Morgan fingerprint density at radius 2 is 1.74 bits per heavy atom. The number of fused-ring (bicyclic) bond motifs is 2. The van der Waals surface area contributed by atoms with Crippen LogP contribution in [0.1, 0.15) is 57.9 Å². The summed E-state index contributed by atoms with van der Waals surface area (Å²) in [5.74, 6) is 2.06. The van der Waals surface area contributed by atoms with Crippen molar-refractivity contribution < 1.29 is 19.3 Å². The van der Waals surface area contributed by atoms with Crippen molar-refractivity contribution in [3.8, 4) is 11.5 Å². The smallest absolute Gasteiger partial charge is 0.126 e. The zero-order valence-corrected chi connectivity index (χ0v) is 21.2. The van der Waals surface area contributed by atoms with E-state index in [-0.39, 0.29) is 16.9 Å². The summed E-state index contributed by atoms with van der Waals surface area (Å²) in [6, 6.07) is 17.9. The maximum absolute atomic E-state index is 12.4. The van der Waals surface area contributed by atoms with Gasteiger partial charge in [-0.15, -0.1) is 0 Å². The lowest BCUT2D eigenvalue weighted by Gasteiger charge is -2.48. The van der Waals surface area contributed by atoms with Crippen molar-refractivity contribution in [3.05, 3.63) is 84.1 Å². The standard InChI is InChI=1S/C31H38O4/c1-29(2)25-16-17-30(29,18-19-34-27-14-12-26(33-3)13-15-27)31(32,21-25)24-10-7-11-28(20-24)35-22-23-8-5-4-6-9-23/h4-6,8-9,12-15,18-20,25,28,32H,7,10-11,16-17,21-22H2,1-3H3/b19-18-/t25-,28-,30+,31+/m1/s1. The first-order valence-corrected chi connectivity index (χ1v) is 13.0. The zero-order valence-electron chi connectivity index (χ0n) is 21.2. The third kappa shape index (κ3) is 4.21. The van der Waals surface area contributed by atoms with Crippen LogP contribution in [-0.4, -0.2) is 23.9 Å². The van der Waals surface area contributed by atoms with Crippen molar-refractivity contribution in [2.24, 2.45) is 16.7 Å². The molecular formula is C31H38O4. The van der Waals surface area contributed by atoms with Gasteiger partial charge in [-0.2, -0.15) is 0 Å². The Hall–Kier alpha value is -2.56. The molecule has 0 amide bonds. The first-order chi connectivity index (χ1) is 16.9. The maximum atomic E-state index is 12.4. The second kappa shape index (κ2) is 9.48. The summed E-state index contributed by atoms with van der Waals surface area (Å²) >= 11 is 0. The molecule has 5 rings (SSSR count). The molecule has 186 valence electrons. The van der Waals surface area contributed by atoms with Gasteiger partial charge in [-0.05, 0) is 91.3 Å². The monoisotopic (exact) mass is 474 g/mol. The zero-order chi connectivity index (χ0) is 24.5. The number of methoxy groups -OCH3 is 1. The Labute approximate surface area is 209 Å². The number of benzene rings is 2. The van der Waals surface area contributed by atoms with E-state index in [0.29, 0.717) is 12.5 Å². The summed E-state index contributed by atoms with van der Waals surface area (Å²) in [6.45, 7) is 5.25. The summed E-state index contributed by atoms with van der Waals surface area (Å²) in [5.41, 5.74) is 1.10. The molecule has 2 saturated carbocycles. The molecule has 4 heteroatoms. The molecule has 2 fully saturated rings. The minimum atomic E-state index is -0.867. The van der Waals surface area contributed by atoms with E-state index in [9.17, 15) is 5.11 Å². The van der Waals surface area contributed by atoms with Crippen LogP contribution < -0.4 is 9.47 Å². The number of rotatable bonds is 8. The topological polar surface area (TPSA) is 47.9 Å². The maximum Gasteiger partial charge on any atom is 0.126 e. The van der Waals surface area contributed by atoms with Crippen LogP contribution in [0.4, 0.5) is 0 Å². The molecule has 3 aliphatic carbocycles. The van der Waals surface area contributed by atoms with Crippen molar-refractivity contribution in [2.75, 3.05) is 7.11 Å². The van der Waals surface area contributed by atoms with Gasteiger partial charge in [0.15, 0.2) is 0 Å². The van der Waals surface area contributed by atoms with E-state index in [0.717, 1.165) is 55.6 Å². The van der Waals surface area contributed by atoms with Crippen LogP contribution in [0, 0.1) is 16.7 Å². The Morgan fingerprint density at radius 3 is 2.46 bits per heavy atom. The first kappa shape index (κ1) is 24.1. The molecule has 3 aliphatic rings. The molecule has 4 atom stereocenters. The lowest BCUT2D eigenvalue weighted by atomic mass is 9.59. The quantitative estimate of drug-likeness (QED) is 0.336. The van der Waals surface area contributed by atoms with E-state index in [4.69, 9.17) is 14.2 Å². The van der Waals surface area contributed by atoms with Gasteiger partial charge in [0, 0.05) is 5.41 Å². The molecule has 0 heterocycles. The van der Waals surface area contributed by atoms with Crippen LogP contribution in [0.3, 0.4) is 0 Å². The second-order valence-electron chi connectivity index (χ2n) is 11.0. The molecule has 2 aromatic rings. The molecule has 0 radical (unpaired) electrons. The van der Waals surface area contributed by atoms with Crippen molar-refractivity contribution in [3.63, 3.8) is 0 Å². The first-order valence-electron chi connectivity index (χ1n) is 13.0. The third-order valence-electron chi connectivity index (χ3n) is 9.11. The van der Waals surface area contributed by atoms with Crippen molar-refractivity contribution in [2.45, 2.75) is 70.7 Å². The summed E-state index contributed by atoms with van der Waals surface area (Å²) in [6.07, 6.45) is 12.1. The highest BCUT2D eigenvalue weighted by atomic mass is 16.5. The van der Waals surface area contributed by atoms with E-state index < -0.39 is 5.60 Å². The molecule has 0 unspecified atom stereocenters. The highest BCUT2D eigenvalue weighted by molar-refractivity contribution is 5.38. The van der Waals surface area contributed by atoms with E-state index in [2.05, 4.69) is 38.1 Å². The van der Waals surface area contributed by atoms with Crippen LogP contribution >= 0.6 is 0 Å². The van der Waals surface area contributed by atoms with Crippen LogP contribution in [-0.2, 0) is 11.3 Å². The van der Waals surface area contributed by atoms with Crippen molar-refractivity contribution in [1.29, 1.82) is 0 Å². The largest absolute Gasteiger partial charge is 0.497 e. The van der Waals surface area contributed by atoms with E-state index >= 15 is 0 Å². The van der Waals surface area contributed by atoms with Gasteiger partial charge in [0.1, 0.15) is 11.5 Å². The molecule has 0 aromatic heterocycles. The third-order valence-corrected chi connectivity index (χ3v) is 9.11. The number of ether oxygens (including phenoxy) is 3. The molecule has 0 saturated heterocycles. The fourth-order valence-corrected chi connectivity index (χ4v) is 6.96. The summed E-state index contributed by atoms with van der Waals surface area (Å²) in [7, 11) is 1.66. The van der Waals surface area contributed by atoms with Crippen LogP contribution in [0.25, 0.3) is 0 Å². The molecule has 0 spiro atoms. The molecule has 35 heavy (non-hydrogen) atoms. The van der Waals surface area contributed by atoms with Crippen LogP contribution in [0.2, 0.25) is 0 Å². The Balaban J connectivity index is 1.38. The number of hydrogen-bond acceptors (Lipinski definition) is 4. The minimum absolute atomic E-state index is 0.0137. The van der Waals surface area contributed by atoms with Gasteiger partial charge < -0.3 is 19.3 Å². The Bertz CT molecular complexity index is 1070. The minimum Gasteiger partial charge on any atom is -0.497 e.